The minimum atomic E-state index is -0.382. The average Bonchev–Trinajstić information content (AvgIpc) is 2.44. The number of benzene rings is 2. The standard InChI is InChI=1S/C16H15FN2/c1-2-19-11-13-5-3-4-6-16(13)14-7-12(10-18)8-15(17)9-14/h3-9,19H,2,11H2,1H3. The molecule has 0 saturated carbocycles. The summed E-state index contributed by atoms with van der Waals surface area (Å²) in [5.41, 5.74) is 3.14. The van der Waals surface area contributed by atoms with E-state index in [9.17, 15) is 4.39 Å². The van der Waals surface area contributed by atoms with Gasteiger partial charge in [-0.15, -0.1) is 0 Å². The highest BCUT2D eigenvalue weighted by molar-refractivity contribution is 5.68. The van der Waals surface area contributed by atoms with Crippen LogP contribution in [0.15, 0.2) is 42.5 Å². The molecule has 2 aromatic carbocycles. The monoisotopic (exact) mass is 254 g/mol. The Balaban J connectivity index is 2.46. The van der Waals surface area contributed by atoms with Gasteiger partial charge in [-0.1, -0.05) is 31.2 Å². The lowest BCUT2D eigenvalue weighted by Crippen LogP contribution is -2.12. The van der Waals surface area contributed by atoms with Gasteiger partial charge in [0.2, 0.25) is 0 Å². The van der Waals surface area contributed by atoms with Crippen molar-refractivity contribution in [3.8, 4) is 17.2 Å². The SMILES string of the molecule is CCNCc1ccccc1-c1cc(F)cc(C#N)c1. The molecular weight excluding hydrogens is 239 g/mol. The van der Waals surface area contributed by atoms with Crippen molar-refractivity contribution in [2.75, 3.05) is 6.54 Å². The van der Waals surface area contributed by atoms with Crippen LogP contribution in [0.5, 0.6) is 0 Å². The molecule has 0 aliphatic rings. The molecule has 0 saturated heterocycles. The van der Waals surface area contributed by atoms with E-state index in [2.05, 4.69) is 5.32 Å². The van der Waals surface area contributed by atoms with Gasteiger partial charge in [-0.2, -0.15) is 5.26 Å². The van der Waals surface area contributed by atoms with E-state index in [4.69, 9.17) is 5.26 Å². The fourth-order valence-corrected chi connectivity index (χ4v) is 2.03. The molecule has 0 radical (unpaired) electrons. The van der Waals surface area contributed by atoms with Gasteiger partial charge in [0.05, 0.1) is 11.6 Å². The Morgan fingerprint density at radius 1 is 1.21 bits per heavy atom. The Hall–Kier alpha value is -2.18. The summed E-state index contributed by atoms with van der Waals surface area (Å²) >= 11 is 0. The molecule has 2 nitrogen and oxygen atoms in total. The van der Waals surface area contributed by atoms with Crippen LogP contribution in [0.1, 0.15) is 18.1 Å². The molecule has 0 spiro atoms. The lowest BCUT2D eigenvalue weighted by molar-refractivity contribution is 0.628. The molecule has 0 bridgehead atoms. The summed E-state index contributed by atoms with van der Waals surface area (Å²) in [6, 6.07) is 14.2. The lowest BCUT2D eigenvalue weighted by atomic mass is 9.98. The van der Waals surface area contributed by atoms with Gasteiger partial charge in [-0.25, -0.2) is 4.39 Å². The Morgan fingerprint density at radius 2 is 2.00 bits per heavy atom. The summed E-state index contributed by atoms with van der Waals surface area (Å²) in [6.45, 7) is 3.64. The quantitative estimate of drug-likeness (QED) is 0.906. The second-order valence-corrected chi connectivity index (χ2v) is 4.28. The van der Waals surface area contributed by atoms with Crippen molar-refractivity contribution in [3.05, 3.63) is 59.4 Å². The first-order valence-electron chi connectivity index (χ1n) is 6.24. The molecule has 0 atom stereocenters. The van der Waals surface area contributed by atoms with E-state index < -0.39 is 0 Å². The summed E-state index contributed by atoms with van der Waals surface area (Å²) < 4.78 is 13.5. The second kappa shape index (κ2) is 6.12. The number of nitrogens with one attached hydrogen (secondary N) is 1. The van der Waals surface area contributed by atoms with Crippen LogP contribution in [0.25, 0.3) is 11.1 Å². The maximum atomic E-state index is 13.5. The highest BCUT2D eigenvalue weighted by Gasteiger charge is 2.07. The maximum absolute atomic E-state index is 13.5. The van der Waals surface area contributed by atoms with Crippen LogP contribution < -0.4 is 5.32 Å². The first kappa shape index (κ1) is 13.3. The van der Waals surface area contributed by atoms with Crippen molar-refractivity contribution in [1.29, 1.82) is 5.26 Å². The Labute approximate surface area is 112 Å². The molecule has 2 aromatic rings. The zero-order chi connectivity index (χ0) is 13.7. The molecule has 2 rings (SSSR count). The fourth-order valence-electron chi connectivity index (χ4n) is 2.03. The van der Waals surface area contributed by atoms with Gasteiger partial charge in [0, 0.05) is 6.54 Å². The fraction of sp³-hybridized carbons (Fsp3) is 0.188. The van der Waals surface area contributed by atoms with Crippen LogP contribution in [0.2, 0.25) is 0 Å². The van der Waals surface area contributed by atoms with Crippen molar-refractivity contribution in [2.45, 2.75) is 13.5 Å². The van der Waals surface area contributed by atoms with Crippen LogP contribution in [0.3, 0.4) is 0 Å². The Bertz CT molecular complexity index is 614. The van der Waals surface area contributed by atoms with Gasteiger partial charge in [-0.05, 0) is 41.4 Å². The van der Waals surface area contributed by atoms with Crippen molar-refractivity contribution in [2.24, 2.45) is 0 Å². The van der Waals surface area contributed by atoms with Crippen molar-refractivity contribution in [3.63, 3.8) is 0 Å². The highest BCUT2D eigenvalue weighted by Crippen LogP contribution is 2.25. The summed E-state index contributed by atoms with van der Waals surface area (Å²) in [5, 5.41) is 12.2. The van der Waals surface area contributed by atoms with Gasteiger partial charge in [-0.3, -0.25) is 0 Å². The third-order valence-corrected chi connectivity index (χ3v) is 2.92. The lowest BCUT2D eigenvalue weighted by Gasteiger charge is -2.10. The molecule has 0 aromatic heterocycles. The van der Waals surface area contributed by atoms with E-state index in [0.29, 0.717) is 5.56 Å². The van der Waals surface area contributed by atoms with E-state index in [0.717, 1.165) is 29.8 Å². The molecule has 0 aliphatic carbocycles. The summed E-state index contributed by atoms with van der Waals surface area (Å²) in [4.78, 5) is 0. The van der Waals surface area contributed by atoms with Gasteiger partial charge >= 0.3 is 0 Å². The molecule has 0 aliphatic heterocycles. The molecule has 0 heterocycles. The van der Waals surface area contributed by atoms with E-state index in [1.165, 1.54) is 12.1 Å². The molecule has 96 valence electrons. The predicted molar refractivity (Wildman–Crippen MR) is 73.9 cm³/mol. The van der Waals surface area contributed by atoms with Crippen LogP contribution in [-0.4, -0.2) is 6.54 Å². The molecule has 0 fully saturated rings. The van der Waals surface area contributed by atoms with Crippen LogP contribution in [0.4, 0.5) is 4.39 Å². The zero-order valence-corrected chi connectivity index (χ0v) is 10.8. The van der Waals surface area contributed by atoms with Gasteiger partial charge in [0.1, 0.15) is 5.82 Å². The Kier molecular flexibility index (Phi) is 4.27. The third kappa shape index (κ3) is 3.18. The first-order chi connectivity index (χ1) is 9.24. The van der Waals surface area contributed by atoms with Crippen molar-refractivity contribution >= 4 is 0 Å². The number of nitriles is 1. The summed E-state index contributed by atoms with van der Waals surface area (Å²) in [5.74, 6) is -0.382. The van der Waals surface area contributed by atoms with Crippen molar-refractivity contribution in [1.82, 2.24) is 5.32 Å². The number of rotatable bonds is 4. The Morgan fingerprint density at radius 3 is 2.74 bits per heavy atom. The molecular formula is C16H15FN2. The zero-order valence-electron chi connectivity index (χ0n) is 10.8. The number of nitrogens with zero attached hydrogens (tertiary/aromatic N) is 1. The minimum absolute atomic E-state index is 0.341. The summed E-state index contributed by atoms with van der Waals surface area (Å²) in [6.07, 6.45) is 0. The first-order valence-corrected chi connectivity index (χ1v) is 6.24. The average molecular weight is 254 g/mol. The molecule has 3 heteroatoms. The van der Waals surface area contributed by atoms with E-state index in [-0.39, 0.29) is 5.82 Å². The van der Waals surface area contributed by atoms with Crippen LogP contribution in [0, 0.1) is 17.1 Å². The van der Waals surface area contributed by atoms with Gasteiger partial charge < -0.3 is 5.32 Å². The van der Waals surface area contributed by atoms with Crippen molar-refractivity contribution < 1.29 is 4.39 Å². The second-order valence-electron chi connectivity index (χ2n) is 4.28. The van der Waals surface area contributed by atoms with Crippen LogP contribution >= 0.6 is 0 Å². The smallest absolute Gasteiger partial charge is 0.125 e. The van der Waals surface area contributed by atoms with Gasteiger partial charge in [0.25, 0.3) is 0 Å². The minimum Gasteiger partial charge on any atom is -0.313 e. The maximum Gasteiger partial charge on any atom is 0.125 e. The topological polar surface area (TPSA) is 35.8 Å². The number of halogens is 1. The van der Waals surface area contributed by atoms with E-state index >= 15 is 0 Å². The van der Waals surface area contributed by atoms with E-state index in [1.54, 1.807) is 6.07 Å². The third-order valence-electron chi connectivity index (χ3n) is 2.92. The molecule has 1 N–H and O–H groups in total. The number of hydrogen-bond donors (Lipinski definition) is 1. The molecule has 0 unspecified atom stereocenters. The molecule has 0 amide bonds. The van der Waals surface area contributed by atoms with Gasteiger partial charge in [0.15, 0.2) is 0 Å². The molecule has 19 heavy (non-hydrogen) atoms. The number of hydrogen-bond acceptors (Lipinski definition) is 2. The normalized spacial score (nSPS) is 10.2. The summed E-state index contributed by atoms with van der Waals surface area (Å²) in [7, 11) is 0. The van der Waals surface area contributed by atoms with Crippen LogP contribution in [-0.2, 0) is 6.54 Å². The highest BCUT2D eigenvalue weighted by atomic mass is 19.1. The van der Waals surface area contributed by atoms with E-state index in [1.807, 2.05) is 37.3 Å². The largest absolute Gasteiger partial charge is 0.313 e. The predicted octanol–water partition coefficient (Wildman–Crippen LogP) is 3.47.